The lowest BCUT2D eigenvalue weighted by molar-refractivity contribution is -0.120. The summed E-state index contributed by atoms with van der Waals surface area (Å²) >= 11 is 6.67. The highest BCUT2D eigenvalue weighted by molar-refractivity contribution is 6.32. The first-order valence-corrected chi connectivity index (χ1v) is 13.5. The van der Waals surface area contributed by atoms with Crippen LogP contribution in [0.4, 0.5) is 4.39 Å². The zero-order chi connectivity index (χ0) is 28.8. The predicted octanol–water partition coefficient (Wildman–Crippen LogP) is 5.71. The summed E-state index contributed by atoms with van der Waals surface area (Å²) in [4.78, 5) is 15.6. The largest absolute Gasteiger partial charge is 0.488 e. The summed E-state index contributed by atoms with van der Waals surface area (Å²) in [6, 6.07) is 19.8. The lowest BCUT2D eigenvalue weighted by Gasteiger charge is -2.20. The zero-order valence-electron chi connectivity index (χ0n) is 22.1. The van der Waals surface area contributed by atoms with Crippen molar-refractivity contribution in [3.05, 3.63) is 112 Å². The number of pyridine rings is 1. The molecule has 9 heteroatoms. The summed E-state index contributed by atoms with van der Waals surface area (Å²) in [5.41, 5.74) is 5.27. The Labute approximate surface area is 242 Å². The number of nitrogens with zero attached hydrogens (tertiary/aromatic N) is 2. The van der Waals surface area contributed by atoms with Crippen molar-refractivity contribution in [1.82, 2.24) is 10.3 Å². The lowest BCUT2D eigenvalue weighted by Crippen LogP contribution is -2.24. The van der Waals surface area contributed by atoms with E-state index in [1.54, 1.807) is 36.5 Å². The fourth-order valence-corrected chi connectivity index (χ4v) is 5.17. The molecule has 0 aliphatic heterocycles. The van der Waals surface area contributed by atoms with E-state index in [0.29, 0.717) is 45.2 Å². The Kier molecular flexibility index (Phi) is 8.90. The Balaban J connectivity index is 1.41. The van der Waals surface area contributed by atoms with E-state index in [1.165, 1.54) is 12.3 Å². The first-order chi connectivity index (χ1) is 20.0. The molecule has 0 spiro atoms. The number of hydrogen-bond acceptors (Lipinski definition) is 7. The number of rotatable bonds is 11. The van der Waals surface area contributed by atoms with Crippen LogP contribution in [0.3, 0.4) is 0 Å². The second-order valence-corrected chi connectivity index (χ2v) is 10.1. The molecular weight excluding hydrogens is 545 g/mol. The molecule has 3 aromatic carbocycles. The van der Waals surface area contributed by atoms with Crippen molar-refractivity contribution < 1.29 is 23.8 Å². The molecule has 4 aromatic rings. The number of benzene rings is 3. The molecule has 0 radical (unpaired) electrons. The first-order valence-electron chi connectivity index (χ1n) is 13.1. The van der Waals surface area contributed by atoms with Crippen LogP contribution in [0, 0.1) is 17.1 Å². The summed E-state index contributed by atoms with van der Waals surface area (Å²) in [6.45, 7) is -0.156. The summed E-state index contributed by atoms with van der Waals surface area (Å²) < 4.78 is 27.1. The van der Waals surface area contributed by atoms with Crippen LogP contribution in [-0.2, 0) is 24.4 Å². The number of aliphatic hydroxyl groups excluding tert-OH is 1. The summed E-state index contributed by atoms with van der Waals surface area (Å²) in [5, 5.41) is 21.6. The van der Waals surface area contributed by atoms with E-state index in [-0.39, 0.29) is 37.4 Å². The molecule has 0 saturated heterocycles. The number of carbonyl (C=O) groups is 1. The quantitative estimate of drug-likeness (QED) is 0.238. The second-order valence-electron chi connectivity index (χ2n) is 9.67. The van der Waals surface area contributed by atoms with Gasteiger partial charge in [0, 0.05) is 41.7 Å². The van der Waals surface area contributed by atoms with Gasteiger partial charge < -0.3 is 19.9 Å². The monoisotopic (exact) mass is 571 g/mol. The molecule has 208 valence electrons. The van der Waals surface area contributed by atoms with Gasteiger partial charge >= 0.3 is 0 Å². The maximum absolute atomic E-state index is 14.6. The Morgan fingerprint density at radius 3 is 2.76 bits per heavy atom. The Hall–Kier alpha value is -4.29. The van der Waals surface area contributed by atoms with E-state index in [4.69, 9.17) is 26.2 Å². The van der Waals surface area contributed by atoms with Crippen molar-refractivity contribution in [1.29, 1.82) is 5.26 Å². The zero-order valence-corrected chi connectivity index (χ0v) is 22.8. The highest BCUT2D eigenvalue weighted by Gasteiger charge is 2.28. The Morgan fingerprint density at radius 1 is 1.12 bits per heavy atom. The molecule has 1 aliphatic carbocycles. The SMILES string of the molecule is N#Cc1cncc(COc2cc(O[C@H]3CCc4c(-c5ccccc5F)cccc43)c(Cl)cc2CNCC(=O)CO)c1. The Morgan fingerprint density at radius 2 is 1.95 bits per heavy atom. The lowest BCUT2D eigenvalue weighted by atomic mass is 9.96. The third kappa shape index (κ3) is 6.55. The molecular formula is C32H27ClFN3O4. The predicted molar refractivity (Wildman–Crippen MR) is 152 cm³/mol. The van der Waals surface area contributed by atoms with Crippen LogP contribution < -0.4 is 14.8 Å². The van der Waals surface area contributed by atoms with Gasteiger partial charge in [-0.3, -0.25) is 9.78 Å². The van der Waals surface area contributed by atoms with E-state index < -0.39 is 6.61 Å². The van der Waals surface area contributed by atoms with E-state index >= 15 is 0 Å². The van der Waals surface area contributed by atoms with Gasteiger partial charge in [-0.05, 0) is 47.7 Å². The van der Waals surface area contributed by atoms with Crippen LogP contribution in [0.15, 0.2) is 73.1 Å². The number of nitriles is 1. The maximum atomic E-state index is 14.6. The first kappa shape index (κ1) is 28.2. The minimum Gasteiger partial charge on any atom is -0.488 e. The fraction of sp³-hybridized carbons (Fsp3) is 0.219. The summed E-state index contributed by atoms with van der Waals surface area (Å²) in [7, 11) is 0. The number of aliphatic hydroxyl groups is 1. The van der Waals surface area contributed by atoms with Gasteiger partial charge in [0.1, 0.15) is 42.7 Å². The van der Waals surface area contributed by atoms with Crippen LogP contribution in [0.1, 0.15) is 40.3 Å². The third-order valence-electron chi connectivity index (χ3n) is 6.90. The van der Waals surface area contributed by atoms with Crippen LogP contribution in [-0.4, -0.2) is 29.0 Å². The van der Waals surface area contributed by atoms with Crippen molar-refractivity contribution in [2.24, 2.45) is 0 Å². The minimum absolute atomic E-state index is 0.0108. The van der Waals surface area contributed by atoms with Crippen LogP contribution >= 0.6 is 11.6 Å². The van der Waals surface area contributed by atoms with Crippen molar-refractivity contribution in [2.45, 2.75) is 32.1 Å². The molecule has 1 aliphatic rings. The standard InChI is InChI=1S/C32H27ClFN3O4/c33-28-11-22(16-37-17-23(39)18-38)31(40-19-21-10-20(13-35)14-36-15-21)12-32(28)41-30-9-8-25-24(5-3-6-27(25)30)26-4-1-2-7-29(26)34/h1-7,10-12,14-15,30,37-38H,8-9,16-19H2/t30-/m0/s1. The number of hydrogen-bond donors (Lipinski definition) is 2. The molecule has 0 saturated carbocycles. The van der Waals surface area contributed by atoms with Gasteiger partial charge in [0.15, 0.2) is 5.78 Å². The molecule has 0 unspecified atom stereocenters. The normalized spacial score (nSPS) is 13.9. The minimum atomic E-state index is -0.548. The van der Waals surface area contributed by atoms with E-state index in [0.717, 1.165) is 23.1 Å². The van der Waals surface area contributed by atoms with Crippen molar-refractivity contribution in [2.75, 3.05) is 13.2 Å². The average molecular weight is 572 g/mol. The highest BCUT2D eigenvalue weighted by Crippen LogP contribution is 2.43. The van der Waals surface area contributed by atoms with E-state index in [1.807, 2.05) is 24.3 Å². The number of fused-ring (bicyclic) bond motifs is 1. The van der Waals surface area contributed by atoms with Gasteiger partial charge in [-0.1, -0.05) is 48.0 Å². The molecule has 1 atom stereocenters. The van der Waals surface area contributed by atoms with Gasteiger partial charge in [-0.2, -0.15) is 5.26 Å². The van der Waals surface area contributed by atoms with Crippen molar-refractivity contribution >= 4 is 17.4 Å². The van der Waals surface area contributed by atoms with Gasteiger partial charge in [0.2, 0.25) is 0 Å². The molecule has 1 heterocycles. The summed E-state index contributed by atoms with van der Waals surface area (Å²) in [5.74, 6) is 0.298. The molecule has 5 rings (SSSR count). The number of Topliss-reactive ketones (excluding diaryl/α,β-unsaturated/α-hetero) is 1. The number of aromatic nitrogens is 1. The maximum Gasteiger partial charge on any atom is 0.171 e. The average Bonchev–Trinajstić information content (AvgIpc) is 3.41. The molecule has 2 N–H and O–H groups in total. The van der Waals surface area contributed by atoms with E-state index in [2.05, 4.69) is 16.4 Å². The number of halogens is 2. The Bertz CT molecular complexity index is 1620. The molecule has 0 amide bonds. The van der Waals surface area contributed by atoms with Crippen LogP contribution in [0.2, 0.25) is 5.02 Å². The van der Waals surface area contributed by atoms with E-state index in [9.17, 15) is 14.4 Å². The molecule has 0 fully saturated rings. The molecule has 0 bridgehead atoms. The highest BCUT2D eigenvalue weighted by atomic mass is 35.5. The van der Waals surface area contributed by atoms with Crippen LogP contribution in [0.5, 0.6) is 11.5 Å². The molecule has 7 nitrogen and oxygen atoms in total. The summed E-state index contributed by atoms with van der Waals surface area (Å²) in [6.07, 6.45) is 4.24. The van der Waals surface area contributed by atoms with Crippen molar-refractivity contribution in [3.63, 3.8) is 0 Å². The van der Waals surface area contributed by atoms with Crippen LogP contribution in [0.25, 0.3) is 11.1 Å². The number of carbonyl (C=O) groups excluding carboxylic acids is 1. The molecule has 1 aromatic heterocycles. The number of ketones is 1. The van der Waals surface area contributed by atoms with Gasteiger partial charge in [-0.25, -0.2) is 4.39 Å². The number of ether oxygens (including phenoxy) is 2. The molecule has 41 heavy (non-hydrogen) atoms. The smallest absolute Gasteiger partial charge is 0.171 e. The fourth-order valence-electron chi connectivity index (χ4n) is 4.94. The van der Waals surface area contributed by atoms with Gasteiger partial charge in [-0.15, -0.1) is 0 Å². The second kappa shape index (κ2) is 12.9. The number of nitrogens with one attached hydrogen (secondary N) is 1. The van der Waals surface area contributed by atoms with Gasteiger partial charge in [0.25, 0.3) is 0 Å². The topological polar surface area (TPSA) is 104 Å². The van der Waals surface area contributed by atoms with Crippen molar-refractivity contribution in [3.8, 4) is 28.7 Å². The third-order valence-corrected chi connectivity index (χ3v) is 7.19. The van der Waals surface area contributed by atoms with Gasteiger partial charge in [0.05, 0.1) is 17.1 Å².